The Bertz CT molecular complexity index is 542. The predicted molar refractivity (Wildman–Crippen MR) is 52.7 cm³/mol. The summed E-state index contributed by atoms with van der Waals surface area (Å²) in [6.45, 7) is 0. The van der Waals surface area contributed by atoms with Crippen LogP contribution >= 0.6 is 0 Å². The monoisotopic (exact) mass is 222 g/mol. The third-order valence-corrected chi connectivity index (χ3v) is 1.64. The Morgan fingerprint density at radius 2 is 1.81 bits per heavy atom. The van der Waals surface area contributed by atoms with Gasteiger partial charge in [0.1, 0.15) is 6.26 Å². The summed E-state index contributed by atoms with van der Waals surface area (Å²) in [5.74, 6) is 0.207. The van der Waals surface area contributed by atoms with Gasteiger partial charge >= 0.3 is 5.69 Å². The van der Waals surface area contributed by atoms with Gasteiger partial charge in [-0.05, 0) is 0 Å². The molecule has 0 saturated heterocycles. The Morgan fingerprint density at radius 1 is 1.19 bits per heavy atom. The van der Waals surface area contributed by atoms with Crippen molar-refractivity contribution in [2.75, 3.05) is 5.73 Å². The molecule has 8 heteroatoms. The lowest BCUT2D eigenvalue weighted by Gasteiger charge is -1.80. The normalized spacial score (nSPS) is 11.0. The van der Waals surface area contributed by atoms with E-state index in [1.54, 1.807) is 0 Å². The molecule has 2 heterocycles. The summed E-state index contributed by atoms with van der Waals surface area (Å²) in [4.78, 5) is 9.74. The predicted octanol–water partition coefficient (Wildman–Crippen LogP) is 2.78. The van der Waals surface area contributed by atoms with Crippen LogP contribution in [0.25, 0.3) is 0 Å². The van der Waals surface area contributed by atoms with E-state index < -0.39 is 4.92 Å². The highest BCUT2D eigenvalue weighted by Gasteiger charge is 2.10. The number of nitrogen functional groups attached to an aromatic ring is 1. The molecule has 8 nitrogen and oxygen atoms in total. The largest absolute Gasteiger partial charge is 0.443 e. The number of nitrogens with zero attached hydrogens (tertiary/aromatic N) is 3. The minimum Gasteiger partial charge on any atom is -0.443 e. The molecule has 16 heavy (non-hydrogen) atoms. The van der Waals surface area contributed by atoms with Crippen molar-refractivity contribution < 1.29 is 13.8 Å². The lowest BCUT2D eigenvalue weighted by Crippen LogP contribution is -1.82. The van der Waals surface area contributed by atoms with Crippen LogP contribution in [0.3, 0.4) is 0 Å². The highest BCUT2D eigenvalue weighted by Crippen LogP contribution is 2.25. The zero-order chi connectivity index (χ0) is 11.5. The van der Waals surface area contributed by atoms with E-state index in [-0.39, 0.29) is 17.5 Å². The molecule has 0 unspecified atom stereocenters. The first-order valence-corrected chi connectivity index (χ1v) is 4.14. The van der Waals surface area contributed by atoms with E-state index in [1.807, 2.05) is 0 Å². The van der Waals surface area contributed by atoms with Crippen LogP contribution < -0.4 is 5.73 Å². The van der Waals surface area contributed by atoms with Crippen LogP contribution in [0.15, 0.2) is 43.7 Å². The fraction of sp³-hybridized carbons (Fsp3) is 0. The van der Waals surface area contributed by atoms with Crippen molar-refractivity contribution in [3.05, 3.63) is 34.8 Å². The molecule has 0 aliphatic heterocycles. The highest BCUT2D eigenvalue weighted by atomic mass is 16.6. The maximum absolute atomic E-state index is 10.3. The molecule has 0 aliphatic carbocycles. The van der Waals surface area contributed by atoms with E-state index in [0.717, 1.165) is 12.3 Å². The lowest BCUT2D eigenvalue weighted by atomic mass is 10.5. The molecule has 0 amide bonds. The number of anilines is 1. The molecule has 0 bridgehead atoms. The second-order valence-corrected chi connectivity index (χ2v) is 2.82. The third-order valence-electron chi connectivity index (χ3n) is 1.64. The fourth-order valence-corrected chi connectivity index (χ4v) is 0.954. The first-order valence-electron chi connectivity index (χ1n) is 4.14. The molecule has 0 aromatic carbocycles. The molecular formula is C8H6N4O4. The molecular weight excluding hydrogens is 216 g/mol. The molecule has 2 N–H and O–H groups in total. The summed E-state index contributed by atoms with van der Waals surface area (Å²) in [5.41, 5.74) is 5.61. The standard InChI is InChI=1S/C8H6N4O4/c9-5-1-7(15-3-5)10-11-8-2-6(4-16-8)12(13)14/h1-4H,9H2. The second kappa shape index (κ2) is 3.85. The minimum absolute atomic E-state index is 0.0154. The topological polar surface area (TPSA) is 120 Å². The average Bonchev–Trinajstić information content (AvgIpc) is 2.83. The van der Waals surface area contributed by atoms with E-state index in [0.29, 0.717) is 5.69 Å². The van der Waals surface area contributed by atoms with Gasteiger partial charge < -0.3 is 14.6 Å². The van der Waals surface area contributed by atoms with Gasteiger partial charge in [-0.25, -0.2) is 0 Å². The van der Waals surface area contributed by atoms with E-state index in [2.05, 4.69) is 10.2 Å². The first kappa shape index (κ1) is 9.90. The van der Waals surface area contributed by atoms with Gasteiger partial charge in [-0.15, -0.1) is 10.2 Å². The maximum atomic E-state index is 10.3. The number of nitro groups is 1. The number of hydrogen-bond donors (Lipinski definition) is 1. The van der Waals surface area contributed by atoms with Gasteiger partial charge in [0, 0.05) is 6.07 Å². The van der Waals surface area contributed by atoms with Crippen LogP contribution in [-0.4, -0.2) is 4.92 Å². The molecule has 0 atom stereocenters. The third kappa shape index (κ3) is 2.05. The summed E-state index contributed by atoms with van der Waals surface area (Å²) in [5, 5.41) is 17.6. The molecule has 82 valence electrons. The summed E-state index contributed by atoms with van der Waals surface area (Å²) in [6.07, 6.45) is 2.28. The number of nitrogens with two attached hydrogens (primary N) is 1. The maximum Gasteiger partial charge on any atom is 0.309 e. The molecule has 0 saturated carbocycles. The van der Waals surface area contributed by atoms with Crippen molar-refractivity contribution in [2.24, 2.45) is 10.2 Å². The van der Waals surface area contributed by atoms with Crippen molar-refractivity contribution in [2.45, 2.75) is 0 Å². The Morgan fingerprint density at radius 3 is 2.31 bits per heavy atom. The quantitative estimate of drug-likeness (QED) is 0.486. The molecule has 2 rings (SSSR count). The van der Waals surface area contributed by atoms with Gasteiger partial charge in [0.05, 0.1) is 16.7 Å². The van der Waals surface area contributed by atoms with Crippen molar-refractivity contribution in [3.8, 4) is 0 Å². The molecule has 0 spiro atoms. The summed E-state index contributed by atoms with van der Waals surface area (Å²) in [7, 11) is 0. The molecule has 0 fully saturated rings. The first-order chi connectivity index (χ1) is 7.65. The number of hydrogen-bond acceptors (Lipinski definition) is 7. The van der Waals surface area contributed by atoms with E-state index >= 15 is 0 Å². The smallest absolute Gasteiger partial charge is 0.309 e. The molecule has 2 aromatic heterocycles. The Labute approximate surface area is 88.5 Å². The molecule has 0 aliphatic rings. The van der Waals surface area contributed by atoms with Crippen LogP contribution in [0.1, 0.15) is 0 Å². The van der Waals surface area contributed by atoms with Gasteiger partial charge in [0.25, 0.3) is 0 Å². The van der Waals surface area contributed by atoms with E-state index in [9.17, 15) is 10.1 Å². The van der Waals surface area contributed by atoms with Crippen LogP contribution in [0.4, 0.5) is 23.1 Å². The van der Waals surface area contributed by atoms with Crippen LogP contribution in [0.5, 0.6) is 0 Å². The highest BCUT2D eigenvalue weighted by molar-refractivity contribution is 5.43. The van der Waals surface area contributed by atoms with Crippen molar-refractivity contribution in [1.29, 1.82) is 0 Å². The number of furan rings is 2. The lowest BCUT2D eigenvalue weighted by molar-refractivity contribution is -0.385. The van der Waals surface area contributed by atoms with E-state index in [4.69, 9.17) is 14.6 Å². The van der Waals surface area contributed by atoms with Crippen LogP contribution in [0.2, 0.25) is 0 Å². The zero-order valence-electron chi connectivity index (χ0n) is 7.86. The number of rotatable bonds is 3. The fourth-order valence-electron chi connectivity index (χ4n) is 0.954. The van der Waals surface area contributed by atoms with Crippen molar-refractivity contribution in [3.63, 3.8) is 0 Å². The SMILES string of the molecule is Nc1coc(N=Nc2cc([N+](=O)[O-])co2)c1. The summed E-state index contributed by atoms with van der Waals surface area (Å²) < 4.78 is 9.66. The second-order valence-electron chi connectivity index (χ2n) is 2.82. The number of azo groups is 1. The Balaban J connectivity index is 2.14. The average molecular weight is 222 g/mol. The van der Waals surface area contributed by atoms with Gasteiger partial charge in [-0.1, -0.05) is 0 Å². The van der Waals surface area contributed by atoms with Crippen LogP contribution in [-0.2, 0) is 0 Å². The summed E-state index contributed by atoms with van der Waals surface area (Å²) >= 11 is 0. The zero-order valence-corrected chi connectivity index (χ0v) is 7.86. The van der Waals surface area contributed by atoms with Gasteiger partial charge in [0.15, 0.2) is 6.26 Å². The van der Waals surface area contributed by atoms with Gasteiger partial charge in [-0.2, -0.15) is 0 Å². The van der Waals surface area contributed by atoms with Crippen molar-refractivity contribution in [1.82, 2.24) is 0 Å². The van der Waals surface area contributed by atoms with E-state index in [1.165, 1.54) is 12.3 Å². The molecule has 0 radical (unpaired) electrons. The Kier molecular flexibility index (Phi) is 2.38. The van der Waals surface area contributed by atoms with Crippen LogP contribution in [0, 0.1) is 10.1 Å². The molecule has 2 aromatic rings. The van der Waals surface area contributed by atoms with Gasteiger partial charge in [0.2, 0.25) is 11.8 Å². The minimum atomic E-state index is -0.590. The summed E-state index contributed by atoms with van der Waals surface area (Å²) in [6, 6.07) is 2.61. The van der Waals surface area contributed by atoms with Gasteiger partial charge in [-0.3, -0.25) is 10.1 Å². The Hall–Kier alpha value is -2.64. The van der Waals surface area contributed by atoms with Crippen molar-refractivity contribution >= 4 is 23.1 Å².